The summed E-state index contributed by atoms with van der Waals surface area (Å²) in [6.07, 6.45) is 0. The molecule has 0 aliphatic rings. The lowest BCUT2D eigenvalue weighted by atomic mass is 10.2. The molecule has 3 rings (SSSR count). The molecule has 27 heavy (non-hydrogen) atoms. The van der Waals surface area contributed by atoms with E-state index in [-0.39, 0.29) is 13.1 Å². The van der Waals surface area contributed by atoms with Crippen molar-refractivity contribution >= 4 is 28.4 Å². The van der Waals surface area contributed by atoms with Gasteiger partial charge in [-0.05, 0) is 36.4 Å². The van der Waals surface area contributed by atoms with E-state index in [0.29, 0.717) is 16.6 Å². The number of amides is 2. The number of hydrogen-bond acceptors (Lipinski definition) is 5. The highest BCUT2D eigenvalue weighted by Gasteiger charge is 2.16. The maximum absolute atomic E-state index is 12.9. The van der Waals surface area contributed by atoms with E-state index in [9.17, 15) is 18.8 Å². The first-order valence-corrected chi connectivity index (χ1v) is 8.06. The third kappa shape index (κ3) is 4.32. The summed E-state index contributed by atoms with van der Waals surface area (Å²) in [5, 5.41) is 10.6. The highest BCUT2D eigenvalue weighted by atomic mass is 19.1. The van der Waals surface area contributed by atoms with Gasteiger partial charge in [-0.1, -0.05) is 17.3 Å². The molecule has 138 valence electrons. The van der Waals surface area contributed by atoms with Gasteiger partial charge in [0.2, 0.25) is 11.8 Å². The topological polar surface area (TPSA) is 97.2 Å². The van der Waals surface area contributed by atoms with E-state index in [4.69, 9.17) is 0 Å². The maximum atomic E-state index is 12.9. The molecule has 0 bridgehead atoms. The fourth-order valence-corrected chi connectivity index (χ4v) is 2.41. The molecule has 9 heteroatoms. The standard InChI is InChI=1S/C18H16FN5O3/c1-23(10-16(25)20-13-8-6-12(19)7-9-13)17(26)11-24-18(27)14-4-2-3-5-15(14)21-22-24/h2-9H,10-11H2,1H3,(H,20,25). The number of hydrogen-bond donors (Lipinski definition) is 1. The summed E-state index contributed by atoms with van der Waals surface area (Å²) in [5.41, 5.74) is 0.426. The van der Waals surface area contributed by atoms with Gasteiger partial charge < -0.3 is 10.2 Å². The molecule has 2 amide bonds. The molecule has 1 N–H and O–H groups in total. The molecule has 0 aliphatic heterocycles. The second-order valence-electron chi connectivity index (χ2n) is 5.87. The molecule has 0 radical (unpaired) electrons. The molecular weight excluding hydrogens is 353 g/mol. The van der Waals surface area contributed by atoms with Gasteiger partial charge in [0, 0.05) is 12.7 Å². The number of carbonyl (C=O) groups is 2. The predicted octanol–water partition coefficient (Wildman–Crippen LogP) is 1.03. The van der Waals surface area contributed by atoms with Crippen molar-refractivity contribution in [3.8, 4) is 0 Å². The van der Waals surface area contributed by atoms with Crippen LogP contribution in [0.3, 0.4) is 0 Å². The van der Waals surface area contributed by atoms with Crippen molar-refractivity contribution in [3.63, 3.8) is 0 Å². The number of rotatable bonds is 5. The van der Waals surface area contributed by atoms with Crippen LogP contribution in [0.5, 0.6) is 0 Å². The van der Waals surface area contributed by atoms with Crippen LogP contribution in [0, 0.1) is 5.82 Å². The maximum Gasteiger partial charge on any atom is 0.278 e. The second-order valence-corrected chi connectivity index (χ2v) is 5.87. The zero-order chi connectivity index (χ0) is 19.4. The summed E-state index contributed by atoms with van der Waals surface area (Å²) in [4.78, 5) is 37.8. The smallest absolute Gasteiger partial charge is 0.278 e. The molecule has 3 aromatic rings. The van der Waals surface area contributed by atoms with Gasteiger partial charge in [-0.15, -0.1) is 5.10 Å². The van der Waals surface area contributed by atoms with Crippen molar-refractivity contribution < 1.29 is 14.0 Å². The quantitative estimate of drug-likeness (QED) is 0.724. The summed E-state index contributed by atoms with van der Waals surface area (Å²) in [6.45, 7) is -0.567. The number of likely N-dealkylation sites (N-methyl/N-ethyl adjacent to an activating group) is 1. The van der Waals surface area contributed by atoms with Crippen molar-refractivity contribution in [1.29, 1.82) is 0 Å². The van der Waals surface area contributed by atoms with Gasteiger partial charge in [-0.2, -0.15) is 0 Å². The van der Waals surface area contributed by atoms with Crippen molar-refractivity contribution in [2.45, 2.75) is 6.54 Å². The lowest BCUT2D eigenvalue weighted by molar-refractivity contribution is -0.134. The lowest BCUT2D eigenvalue weighted by Gasteiger charge is -2.17. The van der Waals surface area contributed by atoms with Gasteiger partial charge in [0.25, 0.3) is 5.56 Å². The number of nitrogens with zero attached hydrogens (tertiary/aromatic N) is 4. The fraction of sp³-hybridized carbons (Fsp3) is 0.167. The number of carbonyl (C=O) groups excluding carboxylic acids is 2. The fourth-order valence-electron chi connectivity index (χ4n) is 2.41. The summed E-state index contributed by atoms with van der Waals surface area (Å²) in [7, 11) is 1.44. The summed E-state index contributed by atoms with van der Waals surface area (Å²) < 4.78 is 13.8. The van der Waals surface area contributed by atoms with Crippen LogP contribution in [0.25, 0.3) is 10.9 Å². The Balaban J connectivity index is 1.63. The largest absolute Gasteiger partial charge is 0.335 e. The number of nitrogens with one attached hydrogen (secondary N) is 1. The average molecular weight is 369 g/mol. The third-order valence-corrected chi connectivity index (χ3v) is 3.85. The highest BCUT2D eigenvalue weighted by molar-refractivity contribution is 5.94. The monoisotopic (exact) mass is 369 g/mol. The molecule has 1 aromatic heterocycles. The number of halogens is 1. The predicted molar refractivity (Wildman–Crippen MR) is 96.5 cm³/mol. The van der Waals surface area contributed by atoms with Crippen LogP contribution in [0.15, 0.2) is 53.3 Å². The highest BCUT2D eigenvalue weighted by Crippen LogP contribution is 2.08. The summed E-state index contributed by atoms with van der Waals surface area (Å²) >= 11 is 0. The van der Waals surface area contributed by atoms with Gasteiger partial charge in [0.15, 0.2) is 0 Å². The van der Waals surface area contributed by atoms with Crippen molar-refractivity contribution in [2.24, 2.45) is 0 Å². The zero-order valence-corrected chi connectivity index (χ0v) is 14.4. The number of aromatic nitrogens is 3. The number of fused-ring (bicyclic) bond motifs is 1. The molecule has 0 unspecified atom stereocenters. The van der Waals surface area contributed by atoms with Crippen molar-refractivity contribution in [3.05, 3.63) is 64.7 Å². The van der Waals surface area contributed by atoms with Crippen LogP contribution in [0.4, 0.5) is 10.1 Å². The van der Waals surface area contributed by atoms with Gasteiger partial charge in [0.1, 0.15) is 17.9 Å². The minimum absolute atomic E-state index is 0.230. The Labute approximate surface area is 153 Å². The summed E-state index contributed by atoms with van der Waals surface area (Å²) in [5.74, 6) is -1.34. The van der Waals surface area contributed by atoms with Gasteiger partial charge >= 0.3 is 0 Å². The minimum atomic E-state index is -0.476. The first-order valence-electron chi connectivity index (χ1n) is 8.06. The Hall–Kier alpha value is -3.62. The Bertz CT molecular complexity index is 1050. The molecule has 0 atom stereocenters. The van der Waals surface area contributed by atoms with Crippen LogP contribution in [-0.4, -0.2) is 45.3 Å². The first-order chi connectivity index (χ1) is 12.9. The molecule has 1 heterocycles. The van der Waals surface area contributed by atoms with Crippen LogP contribution in [0.1, 0.15) is 0 Å². The molecule has 8 nitrogen and oxygen atoms in total. The lowest BCUT2D eigenvalue weighted by Crippen LogP contribution is -2.39. The normalized spacial score (nSPS) is 10.6. The summed E-state index contributed by atoms with van der Waals surface area (Å²) in [6, 6.07) is 12.0. The van der Waals surface area contributed by atoms with Crippen molar-refractivity contribution in [2.75, 3.05) is 18.9 Å². The molecule has 2 aromatic carbocycles. The molecule has 0 fully saturated rings. The van der Waals surface area contributed by atoms with Crippen LogP contribution in [-0.2, 0) is 16.1 Å². The Morgan fingerprint density at radius 3 is 2.59 bits per heavy atom. The van der Waals surface area contributed by atoms with Crippen LogP contribution < -0.4 is 10.9 Å². The molecule has 0 spiro atoms. The minimum Gasteiger partial charge on any atom is -0.335 e. The second kappa shape index (κ2) is 7.73. The SMILES string of the molecule is CN(CC(=O)Nc1ccc(F)cc1)C(=O)Cn1nnc2ccccc2c1=O. The Morgan fingerprint density at radius 1 is 1.15 bits per heavy atom. The molecule has 0 saturated carbocycles. The molecule has 0 aliphatic carbocycles. The van der Waals surface area contributed by atoms with Gasteiger partial charge in [-0.25, -0.2) is 9.07 Å². The van der Waals surface area contributed by atoms with E-state index in [2.05, 4.69) is 15.6 Å². The number of anilines is 1. The van der Waals surface area contributed by atoms with Crippen molar-refractivity contribution in [1.82, 2.24) is 19.9 Å². The van der Waals surface area contributed by atoms with E-state index in [1.807, 2.05) is 0 Å². The average Bonchev–Trinajstić information content (AvgIpc) is 2.66. The van der Waals surface area contributed by atoms with E-state index in [1.165, 1.54) is 36.2 Å². The van der Waals surface area contributed by atoms with Gasteiger partial charge in [0.05, 0.1) is 11.9 Å². The Kier molecular flexibility index (Phi) is 5.20. The number of benzene rings is 2. The van der Waals surface area contributed by atoms with Crippen LogP contribution in [0.2, 0.25) is 0 Å². The van der Waals surface area contributed by atoms with E-state index in [1.54, 1.807) is 24.3 Å². The van der Waals surface area contributed by atoms with E-state index in [0.717, 1.165) is 4.68 Å². The third-order valence-electron chi connectivity index (χ3n) is 3.85. The molecular formula is C18H16FN5O3. The van der Waals surface area contributed by atoms with E-state index < -0.39 is 23.2 Å². The van der Waals surface area contributed by atoms with E-state index >= 15 is 0 Å². The van der Waals surface area contributed by atoms with Crippen LogP contribution >= 0.6 is 0 Å². The van der Waals surface area contributed by atoms with Gasteiger partial charge in [-0.3, -0.25) is 14.4 Å². The zero-order valence-electron chi connectivity index (χ0n) is 14.4. The first kappa shape index (κ1) is 18.2. The Morgan fingerprint density at radius 2 is 1.85 bits per heavy atom. The molecule has 0 saturated heterocycles.